The first-order chi connectivity index (χ1) is 6.81. The molecule has 0 amide bonds. The molecule has 0 fully saturated rings. The Hall–Kier alpha value is -1.09. The van der Waals surface area contributed by atoms with E-state index in [1.165, 1.54) is 5.56 Å². The van der Waals surface area contributed by atoms with Gasteiger partial charge in [0.2, 0.25) is 5.89 Å². The van der Waals surface area contributed by atoms with Crippen LogP contribution in [0.1, 0.15) is 12.5 Å². The van der Waals surface area contributed by atoms with E-state index in [0.717, 1.165) is 16.5 Å². The van der Waals surface area contributed by atoms with Crippen LogP contribution in [-0.4, -0.2) is 4.98 Å². The highest BCUT2D eigenvalue weighted by Gasteiger charge is 2.04. The van der Waals surface area contributed by atoms with Crippen molar-refractivity contribution in [1.29, 1.82) is 0 Å². The highest BCUT2D eigenvalue weighted by Crippen LogP contribution is 2.24. The van der Waals surface area contributed by atoms with Gasteiger partial charge in [0.1, 0.15) is 6.26 Å². The molecule has 1 aromatic heterocycles. The van der Waals surface area contributed by atoms with Gasteiger partial charge in [-0.05, 0) is 30.2 Å². The molecule has 0 spiro atoms. The molecule has 0 bridgehead atoms. The Bertz CT molecular complexity index is 423. The van der Waals surface area contributed by atoms with Gasteiger partial charge in [-0.25, -0.2) is 4.98 Å². The Morgan fingerprint density at radius 2 is 2.29 bits per heavy atom. The van der Waals surface area contributed by atoms with Gasteiger partial charge in [0.15, 0.2) is 0 Å². The van der Waals surface area contributed by atoms with Crippen LogP contribution in [0.3, 0.4) is 0 Å². The standard InChI is InChI=1S/C11H10BrNO/c1-2-8-7-9(3-4-10(8)12)11-13-5-6-14-11/h3-7H,2H2,1H3. The normalized spacial score (nSPS) is 10.4. The third kappa shape index (κ3) is 1.73. The molecule has 0 aliphatic heterocycles. The summed E-state index contributed by atoms with van der Waals surface area (Å²) in [6.45, 7) is 2.12. The van der Waals surface area contributed by atoms with Crippen molar-refractivity contribution >= 4 is 15.9 Å². The zero-order chi connectivity index (χ0) is 9.97. The number of aryl methyl sites for hydroxylation is 1. The molecular formula is C11H10BrNO. The molecule has 72 valence electrons. The lowest BCUT2D eigenvalue weighted by Crippen LogP contribution is -1.84. The smallest absolute Gasteiger partial charge is 0.225 e. The fourth-order valence-corrected chi connectivity index (χ4v) is 1.87. The average Bonchev–Trinajstić information content (AvgIpc) is 2.71. The molecule has 0 unspecified atom stereocenters. The van der Waals surface area contributed by atoms with Crippen molar-refractivity contribution < 1.29 is 4.42 Å². The van der Waals surface area contributed by atoms with Crippen molar-refractivity contribution in [2.75, 3.05) is 0 Å². The van der Waals surface area contributed by atoms with Gasteiger partial charge >= 0.3 is 0 Å². The second-order valence-corrected chi connectivity index (χ2v) is 3.85. The average molecular weight is 252 g/mol. The summed E-state index contributed by atoms with van der Waals surface area (Å²) >= 11 is 3.50. The maximum atomic E-state index is 5.23. The molecule has 0 aliphatic carbocycles. The minimum absolute atomic E-state index is 0.673. The van der Waals surface area contributed by atoms with Crippen LogP contribution in [0, 0.1) is 0 Å². The van der Waals surface area contributed by atoms with Crippen molar-refractivity contribution in [2.45, 2.75) is 13.3 Å². The van der Waals surface area contributed by atoms with Gasteiger partial charge in [-0.1, -0.05) is 22.9 Å². The minimum atomic E-state index is 0.673. The fourth-order valence-electron chi connectivity index (χ4n) is 1.34. The SMILES string of the molecule is CCc1cc(-c2ncco2)ccc1Br. The molecule has 3 heteroatoms. The first-order valence-electron chi connectivity index (χ1n) is 4.49. The molecule has 0 aliphatic rings. The number of rotatable bonds is 2. The number of nitrogens with zero attached hydrogens (tertiary/aromatic N) is 1. The lowest BCUT2D eigenvalue weighted by Gasteiger charge is -2.02. The molecule has 0 saturated carbocycles. The zero-order valence-corrected chi connectivity index (χ0v) is 9.41. The van der Waals surface area contributed by atoms with Crippen LogP contribution in [0.15, 0.2) is 39.5 Å². The zero-order valence-electron chi connectivity index (χ0n) is 7.83. The van der Waals surface area contributed by atoms with Gasteiger partial charge < -0.3 is 4.42 Å². The van der Waals surface area contributed by atoms with Crippen LogP contribution in [0.2, 0.25) is 0 Å². The monoisotopic (exact) mass is 251 g/mol. The molecular weight excluding hydrogens is 242 g/mol. The predicted octanol–water partition coefficient (Wildman–Crippen LogP) is 3.67. The molecule has 2 aromatic rings. The lowest BCUT2D eigenvalue weighted by atomic mass is 10.1. The number of aromatic nitrogens is 1. The van der Waals surface area contributed by atoms with Crippen LogP contribution in [0.4, 0.5) is 0 Å². The third-order valence-corrected chi connectivity index (χ3v) is 2.88. The van der Waals surface area contributed by atoms with E-state index in [1.807, 2.05) is 12.1 Å². The van der Waals surface area contributed by atoms with Crippen LogP contribution < -0.4 is 0 Å². The molecule has 1 aromatic carbocycles. The van der Waals surface area contributed by atoms with E-state index in [1.54, 1.807) is 12.5 Å². The summed E-state index contributed by atoms with van der Waals surface area (Å²) in [5.41, 5.74) is 2.29. The van der Waals surface area contributed by atoms with Crippen LogP contribution >= 0.6 is 15.9 Å². The highest BCUT2D eigenvalue weighted by molar-refractivity contribution is 9.10. The largest absolute Gasteiger partial charge is 0.445 e. The van der Waals surface area contributed by atoms with Gasteiger partial charge in [-0.15, -0.1) is 0 Å². The molecule has 0 saturated heterocycles. The summed E-state index contributed by atoms with van der Waals surface area (Å²) in [5.74, 6) is 0.673. The Morgan fingerprint density at radius 3 is 2.93 bits per heavy atom. The number of oxazole rings is 1. The van der Waals surface area contributed by atoms with E-state index in [4.69, 9.17) is 4.42 Å². The van der Waals surface area contributed by atoms with E-state index in [2.05, 4.69) is 33.9 Å². The Morgan fingerprint density at radius 1 is 1.43 bits per heavy atom. The molecule has 0 N–H and O–H groups in total. The van der Waals surface area contributed by atoms with E-state index in [9.17, 15) is 0 Å². The predicted molar refractivity (Wildman–Crippen MR) is 59.0 cm³/mol. The first kappa shape index (κ1) is 9.46. The maximum absolute atomic E-state index is 5.23. The quantitative estimate of drug-likeness (QED) is 0.815. The molecule has 0 atom stereocenters. The molecule has 1 heterocycles. The van der Waals surface area contributed by atoms with Crippen LogP contribution in [-0.2, 0) is 6.42 Å². The summed E-state index contributed by atoms with van der Waals surface area (Å²) in [5, 5.41) is 0. The van der Waals surface area contributed by atoms with Gasteiger partial charge in [-0.2, -0.15) is 0 Å². The summed E-state index contributed by atoms with van der Waals surface area (Å²) in [6, 6.07) is 6.11. The first-order valence-corrected chi connectivity index (χ1v) is 5.29. The summed E-state index contributed by atoms with van der Waals surface area (Å²) < 4.78 is 6.37. The Kier molecular flexibility index (Phi) is 2.68. The second-order valence-electron chi connectivity index (χ2n) is 3.00. The van der Waals surface area contributed by atoms with Gasteiger partial charge in [0, 0.05) is 10.0 Å². The number of hydrogen-bond acceptors (Lipinski definition) is 2. The van der Waals surface area contributed by atoms with Crippen molar-refractivity contribution in [2.24, 2.45) is 0 Å². The Balaban J connectivity index is 2.46. The van der Waals surface area contributed by atoms with Gasteiger partial charge in [0.25, 0.3) is 0 Å². The number of halogens is 1. The van der Waals surface area contributed by atoms with E-state index in [-0.39, 0.29) is 0 Å². The van der Waals surface area contributed by atoms with Crippen molar-refractivity contribution in [3.63, 3.8) is 0 Å². The minimum Gasteiger partial charge on any atom is -0.445 e. The van der Waals surface area contributed by atoms with Crippen molar-refractivity contribution in [1.82, 2.24) is 4.98 Å². The highest BCUT2D eigenvalue weighted by atomic mass is 79.9. The van der Waals surface area contributed by atoms with E-state index in [0.29, 0.717) is 5.89 Å². The van der Waals surface area contributed by atoms with Crippen molar-refractivity contribution in [3.05, 3.63) is 40.7 Å². The summed E-state index contributed by atoms with van der Waals surface area (Å²) in [4.78, 5) is 4.11. The van der Waals surface area contributed by atoms with E-state index >= 15 is 0 Å². The maximum Gasteiger partial charge on any atom is 0.225 e. The molecule has 2 rings (SSSR count). The molecule has 14 heavy (non-hydrogen) atoms. The Labute approximate surface area is 91.1 Å². The topological polar surface area (TPSA) is 26.0 Å². The number of benzene rings is 1. The fraction of sp³-hybridized carbons (Fsp3) is 0.182. The summed E-state index contributed by atoms with van der Waals surface area (Å²) in [6.07, 6.45) is 4.24. The van der Waals surface area contributed by atoms with Crippen LogP contribution in [0.25, 0.3) is 11.5 Å². The number of hydrogen-bond donors (Lipinski definition) is 0. The van der Waals surface area contributed by atoms with Crippen LogP contribution in [0.5, 0.6) is 0 Å². The van der Waals surface area contributed by atoms with Gasteiger partial charge in [-0.3, -0.25) is 0 Å². The third-order valence-electron chi connectivity index (χ3n) is 2.11. The lowest BCUT2D eigenvalue weighted by molar-refractivity contribution is 0.574. The molecule has 2 nitrogen and oxygen atoms in total. The molecule has 0 radical (unpaired) electrons. The second kappa shape index (κ2) is 3.96. The summed E-state index contributed by atoms with van der Waals surface area (Å²) in [7, 11) is 0. The van der Waals surface area contributed by atoms with Gasteiger partial charge in [0.05, 0.1) is 6.20 Å². The van der Waals surface area contributed by atoms with Crippen molar-refractivity contribution in [3.8, 4) is 11.5 Å². The van der Waals surface area contributed by atoms with E-state index < -0.39 is 0 Å².